The maximum Gasteiger partial charge on any atom is 0.184 e. The first-order valence-corrected chi connectivity index (χ1v) is 9.54. The minimum atomic E-state index is -0.575. The molecule has 0 bridgehead atoms. The summed E-state index contributed by atoms with van der Waals surface area (Å²) in [6, 6.07) is 3.93. The number of thiazole rings is 1. The van der Waals surface area contributed by atoms with Gasteiger partial charge in [-0.2, -0.15) is 0 Å². The third-order valence-corrected chi connectivity index (χ3v) is 5.30. The highest BCUT2D eigenvalue weighted by molar-refractivity contribution is 7.15. The van der Waals surface area contributed by atoms with Crippen LogP contribution < -0.4 is 10.1 Å². The molecule has 2 atom stereocenters. The van der Waals surface area contributed by atoms with Crippen molar-refractivity contribution in [3.05, 3.63) is 35.1 Å². The number of aliphatic hydroxyl groups is 1. The third-order valence-electron chi connectivity index (χ3n) is 4.39. The summed E-state index contributed by atoms with van der Waals surface area (Å²) < 4.78 is 5.29. The number of nitrogens with zero attached hydrogens (tertiary/aromatic N) is 3. The predicted molar refractivity (Wildman–Crippen MR) is 99.9 cm³/mol. The molecule has 1 saturated heterocycles. The molecule has 1 aliphatic rings. The first-order chi connectivity index (χ1) is 12.1. The summed E-state index contributed by atoms with van der Waals surface area (Å²) >= 11 is 1.61. The number of hydrogen-bond acceptors (Lipinski definition) is 7. The molecule has 6 nitrogen and oxygen atoms in total. The van der Waals surface area contributed by atoms with E-state index in [1.54, 1.807) is 25.4 Å². The number of ether oxygens (including phenoxy) is 1. The van der Waals surface area contributed by atoms with Gasteiger partial charge in [-0.15, -0.1) is 11.3 Å². The molecular weight excluding hydrogens is 336 g/mol. The first-order valence-electron chi connectivity index (χ1n) is 8.73. The number of likely N-dealkylation sites (tertiary alicyclic amines) is 1. The van der Waals surface area contributed by atoms with Gasteiger partial charge < -0.3 is 15.2 Å². The zero-order valence-corrected chi connectivity index (χ0v) is 15.6. The molecule has 1 fully saturated rings. The maximum absolute atomic E-state index is 9.38. The average molecular weight is 362 g/mol. The van der Waals surface area contributed by atoms with Crippen molar-refractivity contribution in [1.82, 2.24) is 14.9 Å². The normalized spacial score (nSPS) is 19.6. The Morgan fingerprint density at radius 3 is 3.16 bits per heavy atom. The van der Waals surface area contributed by atoms with Crippen molar-refractivity contribution in [2.75, 3.05) is 25.5 Å². The zero-order chi connectivity index (χ0) is 17.6. The average Bonchev–Trinajstić information content (AvgIpc) is 3.01. The molecule has 0 saturated carbocycles. The SMILES string of the molecule is COc1ccnc(CC2CCCN(Cc3cnc(NC(C)O)s3)C2)c1. The second-order valence-electron chi connectivity index (χ2n) is 6.59. The van der Waals surface area contributed by atoms with Crippen LogP contribution in [0.15, 0.2) is 24.5 Å². The van der Waals surface area contributed by atoms with Crippen molar-refractivity contribution in [2.45, 2.75) is 39.0 Å². The molecule has 0 aliphatic carbocycles. The Hall–Kier alpha value is -1.70. The quantitative estimate of drug-likeness (QED) is 0.738. The van der Waals surface area contributed by atoms with Crippen LogP contribution in [-0.4, -0.2) is 46.4 Å². The van der Waals surface area contributed by atoms with E-state index in [-0.39, 0.29) is 0 Å². The summed E-state index contributed by atoms with van der Waals surface area (Å²) in [6.07, 6.45) is 6.60. The van der Waals surface area contributed by atoms with Crippen LogP contribution in [-0.2, 0) is 13.0 Å². The lowest BCUT2D eigenvalue weighted by Gasteiger charge is -2.32. The van der Waals surface area contributed by atoms with Gasteiger partial charge in [0.15, 0.2) is 5.13 Å². The number of anilines is 1. The van der Waals surface area contributed by atoms with Crippen molar-refractivity contribution in [3.63, 3.8) is 0 Å². The van der Waals surface area contributed by atoms with E-state index in [1.807, 2.05) is 24.5 Å². The molecule has 2 unspecified atom stereocenters. The van der Waals surface area contributed by atoms with E-state index >= 15 is 0 Å². The Labute approximate surface area is 152 Å². The molecular formula is C18H26N4O2S. The monoisotopic (exact) mass is 362 g/mol. The molecule has 0 radical (unpaired) electrons. The molecule has 2 N–H and O–H groups in total. The van der Waals surface area contributed by atoms with Crippen molar-refractivity contribution in [3.8, 4) is 5.75 Å². The van der Waals surface area contributed by atoms with Gasteiger partial charge in [-0.25, -0.2) is 4.98 Å². The van der Waals surface area contributed by atoms with Gasteiger partial charge in [0.1, 0.15) is 12.0 Å². The van der Waals surface area contributed by atoms with Crippen LogP contribution in [0.4, 0.5) is 5.13 Å². The molecule has 0 aromatic carbocycles. The molecule has 3 heterocycles. The minimum Gasteiger partial charge on any atom is -0.497 e. The second-order valence-corrected chi connectivity index (χ2v) is 7.70. The number of methoxy groups -OCH3 is 1. The Morgan fingerprint density at radius 1 is 1.48 bits per heavy atom. The number of aliphatic hydroxyl groups excluding tert-OH is 1. The number of rotatable bonds is 7. The topological polar surface area (TPSA) is 70.5 Å². The lowest BCUT2D eigenvalue weighted by molar-refractivity contribution is 0.167. The van der Waals surface area contributed by atoms with Gasteiger partial charge in [0.05, 0.1) is 7.11 Å². The molecule has 2 aromatic rings. The van der Waals surface area contributed by atoms with Gasteiger partial charge in [-0.1, -0.05) is 0 Å². The van der Waals surface area contributed by atoms with Crippen molar-refractivity contribution < 1.29 is 9.84 Å². The van der Waals surface area contributed by atoms with Gasteiger partial charge in [0, 0.05) is 42.1 Å². The molecule has 0 spiro atoms. The van der Waals surface area contributed by atoms with Crippen molar-refractivity contribution in [2.24, 2.45) is 5.92 Å². The van der Waals surface area contributed by atoms with Crippen LogP contribution in [0.5, 0.6) is 5.75 Å². The van der Waals surface area contributed by atoms with E-state index in [9.17, 15) is 5.11 Å². The standard InChI is InChI=1S/C18H26N4O2S/c1-13(23)21-18-20-10-17(25-18)12-22-7-3-4-14(11-22)8-15-9-16(24-2)5-6-19-15/h5-6,9-10,13-14,23H,3-4,7-8,11-12H2,1-2H3,(H,20,21). The fourth-order valence-corrected chi connectivity index (χ4v) is 4.23. The number of piperidine rings is 1. The van der Waals surface area contributed by atoms with Gasteiger partial charge >= 0.3 is 0 Å². The highest BCUT2D eigenvalue weighted by atomic mass is 32.1. The number of pyridine rings is 1. The van der Waals surface area contributed by atoms with E-state index in [0.29, 0.717) is 5.92 Å². The van der Waals surface area contributed by atoms with E-state index in [0.717, 1.165) is 42.6 Å². The molecule has 25 heavy (non-hydrogen) atoms. The Kier molecular flexibility index (Phi) is 6.23. The summed E-state index contributed by atoms with van der Waals surface area (Å²) in [5.74, 6) is 1.50. The molecule has 0 amide bonds. The molecule has 7 heteroatoms. The Bertz CT molecular complexity index is 677. The Balaban J connectivity index is 1.54. The van der Waals surface area contributed by atoms with Crippen LogP contribution in [0.3, 0.4) is 0 Å². The lowest BCUT2D eigenvalue weighted by Crippen LogP contribution is -2.35. The smallest absolute Gasteiger partial charge is 0.184 e. The summed E-state index contributed by atoms with van der Waals surface area (Å²) in [5.41, 5.74) is 1.10. The number of hydrogen-bond donors (Lipinski definition) is 2. The highest BCUT2D eigenvalue weighted by Crippen LogP contribution is 2.25. The van der Waals surface area contributed by atoms with E-state index in [4.69, 9.17) is 4.74 Å². The molecule has 3 rings (SSSR count). The van der Waals surface area contributed by atoms with Crippen LogP contribution in [0.2, 0.25) is 0 Å². The predicted octanol–water partition coefficient (Wildman–Crippen LogP) is 2.75. The molecule has 1 aliphatic heterocycles. The largest absolute Gasteiger partial charge is 0.497 e. The molecule has 136 valence electrons. The van der Waals surface area contributed by atoms with Crippen LogP contribution in [0.25, 0.3) is 0 Å². The fraction of sp³-hybridized carbons (Fsp3) is 0.556. The maximum atomic E-state index is 9.38. The Morgan fingerprint density at radius 2 is 2.36 bits per heavy atom. The van der Waals surface area contributed by atoms with E-state index in [1.165, 1.54) is 17.7 Å². The second kappa shape index (κ2) is 8.60. The van der Waals surface area contributed by atoms with Crippen molar-refractivity contribution in [1.29, 1.82) is 0 Å². The van der Waals surface area contributed by atoms with Gasteiger partial charge in [0.25, 0.3) is 0 Å². The summed E-state index contributed by atoms with van der Waals surface area (Å²) in [7, 11) is 1.69. The summed E-state index contributed by atoms with van der Waals surface area (Å²) in [6.45, 7) is 4.82. The van der Waals surface area contributed by atoms with Crippen LogP contribution >= 0.6 is 11.3 Å². The summed E-state index contributed by atoms with van der Waals surface area (Å²) in [4.78, 5) is 12.5. The van der Waals surface area contributed by atoms with Crippen molar-refractivity contribution >= 4 is 16.5 Å². The van der Waals surface area contributed by atoms with E-state index in [2.05, 4.69) is 20.2 Å². The first kappa shape index (κ1) is 18.1. The molecule has 2 aromatic heterocycles. The summed E-state index contributed by atoms with van der Waals surface area (Å²) in [5, 5.41) is 13.1. The van der Waals surface area contributed by atoms with Crippen LogP contribution in [0, 0.1) is 5.92 Å². The van der Waals surface area contributed by atoms with Crippen LogP contribution in [0.1, 0.15) is 30.3 Å². The van der Waals surface area contributed by atoms with Gasteiger partial charge in [-0.3, -0.25) is 9.88 Å². The van der Waals surface area contributed by atoms with Gasteiger partial charge in [0.2, 0.25) is 0 Å². The fourth-order valence-electron chi connectivity index (χ4n) is 3.30. The minimum absolute atomic E-state index is 0.575. The van der Waals surface area contributed by atoms with Gasteiger partial charge in [-0.05, 0) is 44.7 Å². The number of nitrogens with one attached hydrogen (secondary N) is 1. The third kappa shape index (κ3) is 5.39. The number of aromatic nitrogens is 2. The lowest BCUT2D eigenvalue weighted by atomic mass is 9.93. The zero-order valence-electron chi connectivity index (χ0n) is 14.8. The van der Waals surface area contributed by atoms with E-state index < -0.39 is 6.23 Å². The highest BCUT2D eigenvalue weighted by Gasteiger charge is 2.21.